The van der Waals surface area contributed by atoms with Crippen molar-refractivity contribution in [1.29, 1.82) is 5.26 Å². The van der Waals surface area contributed by atoms with E-state index in [2.05, 4.69) is 21.2 Å². The van der Waals surface area contributed by atoms with E-state index in [1.807, 2.05) is 18.2 Å². The van der Waals surface area contributed by atoms with E-state index in [0.29, 0.717) is 22.2 Å². The lowest BCUT2D eigenvalue weighted by Gasteiger charge is -2.03. The number of hydrogen-bond acceptors (Lipinski definition) is 3. The van der Waals surface area contributed by atoms with E-state index < -0.39 is 5.91 Å². The number of nitriles is 1. The van der Waals surface area contributed by atoms with Gasteiger partial charge in [0.05, 0.1) is 0 Å². The van der Waals surface area contributed by atoms with Crippen molar-refractivity contribution < 1.29 is 9.21 Å². The molecule has 0 fully saturated rings. The van der Waals surface area contributed by atoms with Crippen LogP contribution in [0.5, 0.6) is 0 Å². The van der Waals surface area contributed by atoms with Crippen LogP contribution in [0.4, 0.5) is 5.69 Å². The molecule has 6 heteroatoms. The molecule has 0 radical (unpaired) electrons. The summed E-state index contributed by atoms with van der Waals surface area (Å²) in [6.45, 7) is 0. The summed E-state index contributed by atoms with van der Waals surface area (Å²) >= 11 is 9.21. The van der Waals surface area contributed by atoms with Crippen LogP contribution in [-0.2, 0) is 4.79 Å². The maximum absolute atomic E-state index is 12.3. The van der Waals surface area contributed by atoms with E-state index in [-0.39, 0.29) is 5.57 Å². The third-order valence-electron chi connectivity index (χ3n) is 3.51. The van der Waals surface area contributed by atoms with Gasteiger partial charge in [0.25, 0.3) is 5.91 Å². The van der Waals surface area contributed by atoms with Gasteiger partial charge in [-0.2, -0.15) is 5.26 Å². The molecule has 2 aromatic carbocycles. The van der Waals surface area contributed by atoms with Gasteiger partial charge in [0.1, 0.15) is 23.2 Å². The summed E-state index contributed by atoms with van der Waals surface area (Å²) in [6, 6.07) is 19.7. The Morgan fingerprint density at radius 1 is 1.08 bits per heavy atom. The van der Waals surface area contributed by atoms with Crippen LogP contribution in [0, 0.1) is 11.3 Å². The number of halogens is 2. The SMILES string of the molecule is N#CC(=Cc1ccc(-c2ccc(Cl)cc2)o1)C(=O)Nc1ccc(Br)cc1. The van der Waals surface area contributed by atoms with E-state index in [1.165, 1.54) is 6.08 Å². The molecule has 1 aromatic heterocycles. The highest BCUT2D eigenvalue weighted by molar-refractivity contribution is 9.10. The second kappa shape index (κ2) is 8.05. The number of rotatable bonds is 4. The van der Waals surface area contributed by atoms with Crippen molar-refractivity contribution in [3.8, 4) is 17.4 Å². The minimum Gasteiger partial charge on any atom is -0.457 e. The van der Waals surface area contributed by atoms with Gasteiger partial charge in [-0.1, -0.05) is 27.5 Å². The van der Waals surface area contributed by atoms with Gasteiger partial charge in [0, 0.05) is 26.8 Å². The second-order valence-corrected chi connectivity index (χ2v) is 6.69. The molecule has 0 bridgehead atoms. The summed E-state index contributed by atoms with van der Waals surface area (Å²) in [5.74, 6) is 0.537. The van der Waals surface area contributed by atoms with Crippen LogP contribution < -0.4 is 5.32 Å². The third kappa shape index (κ3) is 4.42. The van der Waals surface area contributed by atoms with Gasteiger partial charge in [0.15, 0.2) is 0 Å². The molecule has 3 rings (SSSR count). The first-order chi connectivity index (χ1) is 12.5. The van der Waals surface area contributed by atoms with Crippen molar-refractivity contribution in [3.05, 3.63) is 81.5 Å². The first-order valence-electron chi connectivity index (χ1n) is 7.59. The van der Waals surface area contributed by atoms with E-state index in [1.54, 1.807) is 48.5 Å². The maximum Gasteiger partial charge on any atom is 0.266 e. The van der Waals surface area contributed by atoms with Gasteiger partial charge in [-0.05, 0) is 60.7 Å². The molecule has 128 valence electrons. The number of carbonyl (C=O) groups excluding carboxylic acids is 1. The summed E-state index contributed by atoms with van der Waals surface area (Å²) in [7, 11) is 0. The molecule has 0 aliphatic heterocycles. The van der Waals surface area contributed by atoms with Crippen molar-refractivity contribution in [2.24, 2.45) is 0 Å². The molecule has 4 nitrogen and oxygen atoms in total. The van der Waals surface area contributed by atoms with E-state index in [0.717, 1.165) is 10.0 Å². The molecular formula is C20H12BrClN2O2. The van der Waals surface area contributed by atoms with Crippen LogP contribution in [-0.4, -0.2) is 5.91 Å². The Morgan fingerprint density at radius 2 is 1.77 bits per heavy atom. The smallest absolute Gasteiger partial charge is 0.266 e. The lowest BCUT2D eigenvalue weighted by molar-refractivity contribution is -0.112. The highest BCUT2D eigenvalue weighted by Crippen LogP contribution is 2.25. The number of hydrogen-bond donors (Lipinski definition) is 1. The Balaban J connectivity index is 1.78. The predicted octanol–water partition coefficient (Wildman–Crippen LogP) is 5.91. The summed E-state index contributed by atoms with van der Waals surface area (Å²) < 4.78 is 6.60. The standard InChI is InChI=1S/C20H12BrClN2O2/c21-15-3-7-17(8-4-15)24-20(25)14(12-23)11-18-9-10-19(26-18)13-1-5-16(22)6-2-13/h1-11H,(H,24,25). The molecule has 26 heavy (non-hydrogen) atoms. The number of carbonyl (C=O) groups is 1. The Kier molecular flexibility index (Phi) is 5.57. The molecule has 0 atom stereocenters. The number of benzene rings is 2. The number of nitrogens with zero attached hydrogens (tertiary/aromatic N) is 1. The average Bonchev–Trinajstić information content (AvgIpc) is 3.11. The van der Waals surface area contributed by atoms with Crippen molar-refractivity contribution >= 4 is 45.2 Å². The van der Waals surface area contributed by atoms with E-state index in [4.69, 9.17) is 16.0 Å². The van der Waals surface area contributed by atoms with Gasteiger partial charge < -0.3 is 9.73 Å². The van der Waals surface area contributed by atoms with Gasteiger partial charge in [0.2, 0.25) is 0 Å². The average molecular weight is 428 g/mol. The summed E-state index contributed by atoms with van der Waals surface area (Å²) in [5.41, 5.74) is 1.40. The summed E-state index contributed by atoms with van der Waals surface area (Å²) in [6.07, 6.45) is 1.41. The van der Waals surface area contributed by atoms with Crippen molar-refractivity contribution in [2.45, 2.75) is 0 Å². The van der Waals surface area contributed by atoms with Crippen LogP contribution in [0.1, 0.15) is 5.76 Å². The Morgan fingerprint density at radius 3 is 2.42 bits per heavy atom. The summed E-state index contributed by atoms with van der Waals surface area (Å²) in [4.78, 5) is 12.3. The number of amides is 1. The molecule has 0 aliphatic rings. The number of nitrogens with one attached hydrogen (secondary N) is 1. The van der Waals surface area contributed by atoms with Crippen molar-refractivity contribution in [2.75, 3.05) is 5.32 Å². The van der Waals surface area contributed by atoms with Crippen LogP contribution in [0.25, 0.3) is 17.4 Å². The lowest BCUT2D eigenvalue weighted by atomic mass is 10.2. The summed E-state index contributed by atoms with van der Waals surface area (Å²) in [5, 5.41) is 12.6. The van der Waals surface area contributed by atoms with E-state index in [9.17, 15) is 10.1 Å². The lowest BCUT2D eigenvalue weighted by Crippen LogP contribution is -2.13. The maximum atomic E-state index is 12.3. The third-order valence-corrected chi connectivity index (χ3v) is 4.29. The molecular weight excluding hydrogens is 416 g/mol. The highest BCUT2D eigenvalue weighted by Gasteiger charge is 2.11. The van der Waals surface area contributed by atoms with E-state index >= 15 is 0 Å². The van der Waals surface area contributed by atoms with Gasteiger partial charge in [-0.25, -0.2) is 0 Å². The predicted molar refractivity (Wildman–Crippen MR) is 106 cm³/mol. The fourth-order valence-electron chi connectivity index (χ4n) is 2.22. The monoisotopic (exact) mass is 426 g/mol. The molecule has 1 heterocycles. The zero-order valence-corrected chi connectivity index (χ0v) is 15.7. The number of furan rings is 1. The first kappa shape index (κ1) is 18.0. The number of anilines is 1. The fourth-order valence-corrected chi connectivity index (χ4v) is 2.61. The van der Waals surface area contributed by atoms with Crippen LogP contribution >= 0.6 is 27.5 Å². The molecule has 1 N–H and O–H groups in total. The van der Waals surface area contributed by atoms with Gasteiger partial charge in [-0.15, -0.1) is 0 Å². The Labute approximate surface area is 163 Å². The van der Waals surface area contributed by atoms with Crippen LogP contribution in [0.15, 0.2) is 75.1 Å². The largest absolute Gasteiger partial charge is 0.457 e. The molecule has 0 unspecified atom stereocenters. The zero-order valence-electron chi connectivity index (χ0n) is 13.4. The first-order valence-corrected chi connectivity index (χ1v) is 8.77. The van der Waals surface area contributed by atoms with Crippen LogP contribution in [0.3, 0.4) is 0 Å². The van der Waals surface area contributed by atoms with Gasteiger partial charge >= 0.3 is 0 Å². The zero-order chi connectivity index (χ0) is 18.5. The Bertz CT molecular complexity index is 1000. The molecule has 0 saturated heterocycles. The molecule has 0 saturated carbocycles. The topological polar surface area (TPSA) is 66.0 Å². The minimum atomic E-state index is -0.501. The van der Waals surface area contributed by atoms with Crippen LogP contribution in [0.2, 0.25) is 5.02 Å². The molecule has 0 spiro atoms. The highest BCUT2D eigenvalue weighted by atomic mass is 79.9. The molecule has 3 aromatic rings. The molecule has 1 amide bonds. The molecule has 0 aliphatic carbocycles. The van der Waals surface area contributed by atoms with Gasteiger partial charge in [-0.3, -0.25) is 4.79 Å². The quantitative estimate of drug-likeness (QED) is 0.416. The fraction of sp³-hybridized carbons (Fsp3) is 0. The van der Waals surface area contributed by atoms with Crippen molar-refractivity contribution in [3.63, 3.8) is 0 Å². The minimum absolute atomic E-state index is 0.0510. The van der Waals surface area contributed by atoms with Crippen molar-refractivity contribution in [1.82, 2.24) is 0 Å². The second-order valence-electron chi connectivity index (χ2n) is 5.34. The normalized spacial score (nSPS) is 11.0. The Hall–Kier alpha value is -2.81.